The molecule has 0 bridgehead atoms. The van der Waals surface area contributed by atoms with Gasteiger partial charge in [-0.1, -0.05) is 20.3 Å². The lowest BCUT2D eigenvalue weighted by Gasteiger charge is -2.45. The van der Waals surface area contributed by atoms with Gasteiger partial charge in [-0.3, -0.25) is 4.79 Å². The van der Waals surface area contributed by atoms with E-state index in [2.05, 4.69) is 13.8 Å². The van der Waals surface area contributed by atoms with Gasteiger partial charge in [0.2, 0.25) is 0 Å². The van der Waals surface area contributed by atoms with Crippen LogP contribution >= 0.6 is 0 Å². The molecule has 3 fully saturated rings. The zero-order chi connectivity index (χ0) is 9.97. The van der Waals surface area contributed by atoms with Gasteiger partial charge in [0.1, 0.15) is 11.7 Å². The third-order valence-electron chi connectivity index (χ3n) is 4.90. The smallest absolute Gasteiger partial charge is 0.164 e. The van der Waals surface area contributed by atoms with Crippen molar-refractivity contribution in [3.8, 4) is 0 Å². The summed E-state index contributed by atoms with van der Waals surface area (Å²) in [6.07, 6.45) is 5.56. The predicted molar refractivity (Wildman–Crippen MR) is 53.0 cm³/mol. The Hall–Kier alpha value is -0.370. The average molecular weight is 194 g/mol. The number of carbonyl (C=O) groups excluding carboxylic acids is 1. The standard InChI is InChI=1S/C12H18O2/c1-8-4-3-6-11(2)7-5-9(13)10-12(8,11)14-10/h8,10H,3-7H2,1-2H3/t8-,10+,11-,12+/m1/s1. The zero-order valence-electron chi connectivity index (χ0n) is 9.01. The summed E-state index contributed by atoms with van der Waals surface area (Å²) in [6.45, 7) is 4.59. The summed E-state index contributed by atoms with van der Waals surface area (Å²) >= 11 is 0. The Labute approximate surface area is 85.0 Å². The van der Waals surface area contributed by atoms with E-state index in [9.17, 15) is 4.79 Å². The van der Waals surface area contributed by atoms with Gasteiger partial charge in [-0.05, 0) is 25.2 Å². The highest BCUT2D eigenvalue weighted by Gasteiger charge is 2.74. The molecular weight excluding hydrogens is 176 g/mol. The van der Waals surface area contributed by atoms with Crippen LogP contribution in [0, 0.1) is 11.3 Å². The number of carbonyl (C=O) groups is 1. The Morgan fingerprint density at radius 2 is 2.21 bits per heavy atom. The minimum Gasteiger partial charge on any atom is -0.357 e. The van der Waals surface area contributed by atoms with Crippen molar-refractivity contribution in [3.63, 3.8) is 0 Å². The number of hydrogen-bond donors (Lipinski definition) is 0. The van der Waals surface area contributed by atoms with Gasteiger partial charge >= 0.3 is 0 Å². The lowest BCUT2D eigenvalue weighted by atomic mass is 9.56. The first-order valence-electron chi connectivity index (χ1n) is 5.81. The van der Waals surface area contributed by atoms with Gasteiger partial charge in [0.05, 0.1) is 0 Å². The van der Waals surface area contributed by atoms with Crippen molar-refractivity contribution < 1.29 is 9.53 Å². The summed E-state index contributed by atoms with van der Waals surface area (Å²) in [6, 6.07) is 0. The summed E-state index contributed by atoms with van der Waals surface area (Å²) < 4.78 is 5.85. The molecule has 0 amide bonds. The fraction of sp³-hybridized carbons (Fsp3) is 0.917. The van der Waals surface area contributed by atoms with Gasteiger partial charge in [-0.25, -0.2) is 0 Å². The second-order valence-electron chi connectivity index (χ2n) is 5.61. The highest BCUT2D eigenvalue weighted by molar-refractivity contribution is 5.88. The van der Waals surface area contributed by atoms with Crippen molar-refractivity contribution in [2.45, 2.75) is 57.7 Å². The first-order valence-corrected chi connectivity index (χ1v) is 5.81. The van der Waals surface area contributed by atoms with Crippen LogP contribution in [0.5, 0.6) is 0 Å². The van der Waals surface area contributed by atoms with Gasteiger partial charge in [0.25, 0.3) is 0 Å². The van der Waals surface area contributed by atoms with Crippen molar-refractivity contribution in [1.29, 1.82) is 0 Å². The van der Waals surface area contributed by atoms with Crippen LogP contribution in [0.4, 0.5) is 0 Å². The van der Waals surface area contributed by atoms with Crippen LogP contribution in [0.2, 0.25) is 0 Å². The summed E-state index contributed by atoms with van der Waals surface area (Å²) in [5, 5.41) is 0. The Balaban J connectivity index is 2.01. The van der Waals surface area contributed by atoms with E-state index >= 15 is 0 Å². The Bertz CT molecular complexity index is 299. The van der Waals surface area contributed by atoms with Gasteiger partial charge < -0.3 is 4.74 Å². The van der Waals surface area contributed by atoms with Crippen LogP contribution in [0.3, 0.4) is 0 Å². The third-order valence-corrected chi connectivity index (χ3v) is 4.90. The number of hydrogen-bond acceptors (Lipinski definition) is 2. The first-order chi connectivity index (χ1) is 6.60. The van der Waals surface area contributed by atoms with E-state index < -0.39 is 0 Å². The molecule has 1 saturated heterocycles. The maximum atomic E-state index is 11.6. The summed E-state index contributed by atoms with van der Waals surface area (Å²) in [7, 11) is 0. The zero-order valence-corrected chi connectivity index (χ0v) is 9.01. The number of ketones is 1. The van der Waals surface area contributed by atoms with Crippen LogP contribution < -0.4 is 0 Å². The second kappa shape index (κ2) is 2.41. The van der Waals surface area contributed by atoms with E-state index in [1.54, 1.807) is 0 Å². The highest BCUT2D eigenvalue weighted by Crippen LogP contribution is 2.65. The molecule has 1 spiro atoms. The molecule has 3 aliphatic rings. The molecule has 0 N–H and O–H groups in total. The van der Waals surface area contributed by atoms with Gasteiger partial charge in [-0.15, -0.1) is 0 Å². The quantitative estimate of drug-likeness (QED) is 0.554. The largest absolute Gasteiger partial charge is 0.357 e. The first kappa shape index (κ1) is 8.90. The van der Waals surface area contributed by atoms with Gasteiger partial charge in [0.15, 0.2) is 5.78 Å². The van der Waals surface area contributed by atoms with Crippen molar-refractivity contribution in [2.24, 2.45) is 11.3 Å². The monoisotopic (exact) mass is 194 g/mol. The minimum atomic E-state index is -0.0411. The predicted octanol–water partition coefficient (Wildman–Crippen LogP) is 2.31. The molecular formula is C12H18O2. The molecule has 0 aromatic carbocycles. The third kappa shape index (κ3) is 0.796. The molecule has 0 unspecified atom stereocenters. The number of ether oxygens (including phenoxy) is 1. The Kier molecular flexibility index (Phi) is 1.53. The lowest BCUT2D eigenvalue weighted by molar-refractivity contribution is -0.122. The van der Waals surface area contributed by atoms with Crippen LogP contribution in [0.25, 0.3) is 0 Å². The Morgan fingerprint density at radius 3 is 3.00 bits per heavy atom. The van der Waals surface area contributed by atoms with E-state index in [-0.39, 0.29) is 11.7 Å². The van der Waals surface area contributed by atoms with Crippen LogP contribution in [0.15, 0.2) is 0 Å². The summed E-state index contributed by atoms with van der Waals surface area (Å²) in [5.41, 5.74) is 0.254. The van der Waals surface area contributed by atoms with Crippen LogP contribution in [-0.2, 0) is 9.53 Å². The molecule has 14 heavy (non-hydrogen) atoms. The number of Topliss-reactive ketones (excluding diaryl/α,β-unsaturated/α-hetero) is 1. The number of rotatable bonds is 0. The van der Waals surface area contributed by atoms with E-state index in [1.807, 2.05) is 0 Å². The van der Waals surface area contributed by atoms with Crippen LogP contribution in [-0.4, -0.2) is 17.5 Å². The summed E-state index contributed by atoms with van der Waals surface area (Å²) in [4.78, 5) is 11.6. The molecule has 2 saturated carbocycles. The van der Waals surface area contributed by atoms with E-state index in [1.165, 1.54) is 19.3 Å². The average Bonchev–Trinajstić information content (AvgIpc) is 2.88. The minimum absolute atomic E-state index is 0.0310. The SMILES string of the molecule is C[C@@H]1CCC[C@]2(C)CCC(=O)[C@@H]3O[C@@]132. The van der Waals surface area contributed by atoms with Crippen molar-refractivity contribution in [2.75, 3.05) is 0 Å². The highest BCUT2D eigenvalue weighted by atomic mass is 16.6. The molecule has 3 rings (SSSR count). The molecule has 2 heteroatoms. The van der Waals surface area contributed by atoms with Gasteiger partial charge in [0, 0.05) is 11.8 Å². The molecule has 0 aromatic heterocycles. The van der Waals surface area contributed by atoms with Crippen molar-refractivity contribution in [1.82, 2.24) is 0 Å². The fourth-order valence-corrected chi connectivity index (χ4v) is 3.95. The normalized spacial score (nSPS) is 56.3. The lowest BCUT2D eigenvalue weighted by Crippen LogP contribution is -2.50. The molecule has 1 heterocycles. The van der Waals surface area contributed by atoms with Crippen molar-refractivity contribution >= 4 is 5.78 Å². The number of epoxide rings is 1. The van der Waals surface area contributed by atoms with E-state index in [4.69, 9.17) is 4.74 Å². The Morgan fingerprint density at radius 1 is 1.43 bits per heavy atom. The maximum absolute atomic E-state index is 11.6. The van der Waals surface area contributed by atoms with Gasteiger partial charge in [-0.2, -0.15) is 0 Å². The molecule has 0 aromatic rings. The topological polar surface area (TPSA) is 29.6 Å². The van der Waals surface area contributed by atoms with Crippen LogP contribution in [0.1, 0.15) is 46.0 Å². The fourth-order valence-electron chi connectivity index (χ4n) is 3.95. The maximum Gasteiger partial charge on any atom is 0.164 e. The molecule has 2 aliphatic carbocycles. The molecule has 1 aliphatic heterocycles. The molecule has 2 nitrogen and oxygen atoms in total. The molecule has 78 valence electrons. The van der Waals surface area contributed by atoms with E-state index in [0.29, 0.717) is 17.1 Å². The van der Waals surface area contributed by atoms with E-state index in [0.717, 1.165) is 12.8 Å². The molecule has 4 atom stereocenters. The second-order valence-corrected chi connectivity index (χ2v) is 5.61. The molecule has 0 radical (unpaired) electrons. The van der Waals surface area contributed by atoms with Crippen molar-refractivity contribution in [3.05, 3.63) is 0 Å². The summed E-state index contributed by atoms with van der Waals surface area (Å²) in [5.74, 6) is 0.937.